The van der Waals surface area contributed by atoms with Crippen LogP contribution in [0.3, 0.4) is 0 Å². The molecule has 4 rings (SSSR count). The summed E-state index contributed by atoms with van der Waals surface area (Å²) < 4.78 is 6.49. The normalized spacial score (nSPS) is 14.9. The lowest BCUT2D eigenvalue weighted by atomic mass is 10.1. The number of nitrogens with two attached hydrogens (primary N) is 1. The Bertz CT molecular complexity index is 1270. The minimum absolute atomic E-state index is 0.0275. The highest BCUT2D eigenvalue weighted by Crippen LogP contribution is 2.28. The van der Waals surface area contributed by atoms with Crippen LogP contribution in [-0.4, -0.2) is 40.5 Å². The molecule has 3 aromatic rings. The summed E-state index contributed by atoms with van der Waals surface area (Å²) in [5, 5.41) is 15.1. The highest BCUT2D eigenvalue weighted by Gasteiger charge is 2.30. The number of fused-ring (bicyclic) bond motifs is 1. The van der Waals surface area contributed by atoms with Crippen LogP contribution in [0.2, 0.25) is 0 Å². The predicted octanol–water partition coefficient (Wildman–Crippen LogP) is 2.21. The summed E-state index contributed by atoms with van der Waals surface area (Å²) in [7, 11) is 1.32. The van der Waals surface area contributed by atoms with Crippen molar-refractivity contribution >= 4 is 46.3 Å². The summed E-state index contributed by atoms with van der Waals surface area (Å²) in [6, 6.07) is 13.2. The summed E-state index contributed by atoms with van der Waals surface area (Å²) in [5.74, 6) is -1.86. The number of para-hydroxylation sites is 1. The Morgan fingerprint density at radius 2 is 1.87 bits per heavy atom. The number of ether oxygens (including phenoxy) is 1. The average molecular weight is 418 g/mol. The van der Waals surface area contributed by atoms with E-state index < -0.39 is 17.8 Å². The maximum atomic E-state index is 13.0. The molecule has 0 spiro atoms. The number of carbonyl (C=O) groups is 3. The second-order valence-electron chi connectivity index (χ2n) is 6.82. The largest absolute Gasteiger partial charge is 0.478 e. The predicted molar refractivity (Wildman–Crippen MR) is 114 cm³/mol. The van der Waals surface area contributed by atoms with E-state index in [0.29, 0.717) is 11.3 Å². The van der Waals surface area contributed by atoms with Crippen molar-refractivity contribution in [2.24, 2.45) is 10.8 Å². The van der Waals surface area contributed by atoms with Crippen LogP contribution in [0.4, 0.5) is 5.69 Å². The van der Waals surface area contributed by atoms with Crippen LogP contribution in [0.1, 0.15) is 15.9 Å². The molecule has 31 heavy (non-hydrogen) atoms. The number of benzene rings is 2. The minimum Gasteiger partial charge on any atom is -0.478 e. The Balaban J connectivity index is 1.70. The molecule has 1 amide bonds. The van der Waals surface area contributed by atoms with Crippen molar-refractivity contribution in [2.75, 3.05) is 12.1 Å². The van der Waals surface area contributed by atoms with Gasteiger partial charge in [-0.2, -0.15) is 5.01 Å². The number of carbonyl (C=O) groups excluding carboxylic acids is 2. The number of nitrogens with zero attached hydrogens (tertiary/aromatic N) is 3. The zero-order chi connectivity index (χ0) is 22.1. The fourth-order valence-electron chi connectivity index (χ4n) is 3.37. The van der Waals surface area contributed by atoms with E-state index in [0.717, 1.165) is 15.9 Å². The van der Waals surface area contributed by atoms with Crippen LogP contribution in [0.25, 0.3) is 17.0 Å². The Kier molecular flexibility index (Phi) is 5.00. The molecule has 0 radical (unpaired) electrons. The number of hydrogen-bond acceptors (Lipinski definition) is 6. The third-order valence-electron chi connectivity index (χ3n) is 4.91. The first kappa shape index (κ1) is 19.9. The summed E-state index contributed by atoms with van der Waals surface area (Å²) in [5.41, 5.74) is 8.22. The van der Waals surface area contributed by atoms with Crippen LogP contribution in [0, 0.1) is 0 Å². The van der Waals surface area contributed by atoms with Crippen molar-refractivity contribution in [1.29, 1.82) is 0 Å². The maximum absolute atomic E-state index is 13.0. The monoisotopic (exact) mass is 418 g/mol. The standard InChI is InChI=1S/C22H18N4O5/c1-31-19(27)12-25-11-14(16-4-2-3-5-18(16)25)10-17-20(23)24-26(21(17)28)15-8-6-13(7-9-15)22(29)30/h2-11H,12H2,1H3,(H2,23,24)(H,29,30). The lowest BCUT2D eigenvalue weighted by Crippen LogP contribution is -2.22. The third kappa shape index (κ3) is 3.64. The number of methoxy groups -OCH3 is 1. The van der Waals surface area contributed by atoms with Gasteiger partial charge < -0.3 is 20.1 Å². The van der Waals surface area contributed by atoms with Crippen molar-refractivity contribution in [2.45, 2.75) is 6.54 Å². The molecule has 0 aliphatic carbocycles. The van der Waals surface area contributed by atoms with Crippen LogP contribution in [-0.2, 0) is 20.9 Å². The lowest BCUT2D eigenvalue weighted by molar-refractivity contribution is -0.141. The highest BCUT2D eigenvalue weighted by atomic mass is 16.5. The second-order valence-corrected chi connectivity index (χ2v) is 6.82. The number of aromatic nitrogens is 1. The molecule has 156 valence electrons. The molecule has 0 unspecified atom stereocenters. The van der Waals surface area contributed by atoms with E-state index in [1.54, 1.807) is 16.8 Å². The summed E-state index contributed by atoms with van der Waals surface area (Å²) in [6.07, 6.45) is 3.38. The molecular formula is C22H18N4O5. The molecule has 3 N–H and O–H groups in total. The van der Waals surface area contributed by atoms with E-state index in [1.807, 2.05) is 24.3 Å². The van der Waals surface area contributed by atoms with E-state index >= 15 is 0 Å². The second kappa shape index (κ2) is 7.79. The molecule has 1 aliphatic rings. The Morgan fingerprint density at radius 3 is 2.55 bits per heavy atom. The van der Waals surface area contributed by atoms with E-state index in [-0.39, 0.29) is 23.5 Å². The van der Waals surface area contributed by atoms with E-state index in [1.165, 1.54) is 31.4 Å². The van der Waals surface area contributed by atoms with Gasteiger partial charge in [-0.3, -0.25) is 9.59 Å². The molecule has 0 saturated heterocycles. The SMILES string of the molecule is COC(=O)Cn1cc(C=C2C(=O)N(c3ccc(C(=O)O)cc3)N=C2N)c2ccccc21. The van der Waals surface area contributed by atoms with Gasteiger partial charge in [0.05, 0.1) is 23.9 Å². The van der Waals surface area contributed by atoms with Crippen molar-refractivity contribution in [3.05, 3.63) is 71.4 Å². The molecule has 2 heterocycles. The van der Waals surface area contributed by atoms with Gasteiger partial charge in [-0.05, 0) is 36.4 Å². The molecule has 0 fully saturated rings. The molecule has 1 aliphatic heterocycles. The molecule has 0 saturated carbocycles. The van der Waals surface area contributed by atoms with E-state index in [2.05, 4.69) is 5.10 Å². The average Bonchev–Trinajstić information content (AvgIpc) is 3.26. The molecular weight excluding hydrogens is 400 g/mol. The van der Waals surface area contributed by atoms with Gasteiger partial charge in [-0.1, -0.05) is 18.2 Å². The Hall–Kier alpha value is -4.40. The van der Waals surface area contributed by atoms with Crippen LogP contribution in [0.15, 0.2) is 65.4 Å². The number of amidine groups is 1. The first-order valence-corrected chi connectivity index (χ1v) is 9.27. The summed E-state index contributed by atoms with van der Waals surface area (Å²) in [6.45, 7) is 0.0275. The molecule has 9 heteroatoms. The number of hydrazone groups is 1. The number of aromatic carboxylic acids is 1. The van der Waals surface area contributed by atoms with Crippen LogP contribution >= 0.6 is 0 Å². The number of carboxylic acid groups (broad SMARTS) is 1. The number of carboxylic acids is 1. The van der Waals surface area contributed by atoms with Gasteiger partial charge >= 0.3 is 11.9 Å². The molecule has 0 atom stereocenters. The van der Waals surface area contributed by atoms with Gasteiger partial charge in [0.15, 0.2) is 5.84 Å². The van der Waals surface area contributed by atoms with Gasteiger partial charge in [0.25, 0.3) is 5.91 Å². The summed E-state index contributed by atoms with van der Waals surface area (Å²) >= 11 is 0. The number of rotatable bonds is 5. The minimum atomic E-state index is -1.06. The molecule has 9 nitrogen and oxygen atoms in total. The first-order chi connectivity index (χ1) is 14.9. The zero-order valence-electron chi connectivity index (χ0n) is 16.5. The van der Waals surface area contributed by atoms with Gasteiger partial charge in [-0.25, -0.2) is 4.79 Å². The number of hydrogen-bond donors (Lipinski definition) is 2. The number of amides is 1. The molecule has 2 aromatic carbocycles. The third-order valence-corrected chi connectivity index (χ3v) is 4.91. The van der Waals surface area contributed by atoms with Gasteiger partial charge in [-0.15, -0.1) is 5.10 Å². The molecule has 1 aromatic heterocycles. The fraction of sp³-hybridized carbons (Fsp3) is 0.0909. The zero-order valence-corrected chi connectivity index (χ0v) is 16.5. The van der Waals surface area contributed by atoms with Crippen molar-refractivity contribution in [3.8, 4) is 0 Å². The fourth-order valence-corrected chi connectivity index (χ4v) is 3.37. The van der Waals surface area contributed by atoms with Gasteiger partial charge in [0.2, 0.25) is 0 Å². The lowest BCUT2D eigenvalue weighted by Gasteiger charge is -2.11. The number of anilines is 1. The topological polar surface area (TPSA) is 127 Å². The van der Waals surface area contributed by atoms with E-state index in [9.17, 15) is 14.4 Å². The first-order valence-electron chi connectivity index (χ1n) is 9.27. The summed E-state index contributed by atoms with van der Waals surface area (Å²) in [4.78, 5) is 35.8. The quantitative estimate of drug-likeness (QED) is 0.483. The van der Waals surface area contributed by atoms with Crippen molar-refractivity contribution < 1.29 is 24.2 Å². The van der Waals surface area contributed by atoms with Crippen LogP contribution in [0.5, 0.6) is 0 Å². The Morgan fingerprint density at radius 1 is 1.16 bits per heavy atom. The smallest absolute Gasteiger partial charge is 0.335 e. The van der Waals surface area contributed by atoms with Crippen molar-refractivity contribution in [3.63, 3.8) is 0 Å². The van der Waals surface area contributed by atoms with Gasteiger partial charge in [0.1, 0.15) is 6.54 Å². The number of esters is 1. The van der Waals surface area contributed by atoms with E-state index in [4.69, 9.17) is 15.6 Å². The highest BCUT2D eigenvalue weighted by molar-refractivity contribution is 6.32. The maximum Gasteiger partial charge on any atom is 0.335 e. The van der Waals surface area contributed by atoms with Crippen molar-refractivity contribution in [1.82, 2.24) is 4.57 Å². The van der Waals surface area contributed by atoms with Crippen LogP contribution < -0.4 is 10.7 Å². The molecule has 0 bridgehead atoms. The Labute approximate surface area is 176 Å². The van der Waals surface area contributed by atoms with Gasteiger partial charge in [0, 0.05) is 22.7 Å².